The molecule has 0 heterocycles. The van der Waals surface area contributed by atoms with Crippen LogP contribution in [0.3, 0.4) is 0 Å². The molecule has 1 unspecified atom stereocenters. The number of aliphatic hydroxyl groups is 1. The first-order valence-corrected chi connectivity index (χ1v) is 2.19. The summed E-state index contributed by atoms with van der Waals surface area (Å²) in [4.78, 5) is 0. The molecule has 0 aromatic rings. The highest BCUT2D eigenvalue weighted by Gasteiger charge is 1.90. The van der Waals surface area contributed by atoms with Gasteiger partial charge < -0.3 is 10.8 Å². The van der Waals surface area contributed by atoms with Crippen molar-refractivity contribution in [2.75, 3.05) is 6.54 Å². The molecule has 0 aliphatic rings. The number of aliphatic hydroxyl groups excluding tert-OH is 1. The highest BCUT2D eigenvalue weighted by atomic mass is 16.3. The predicted molar refractivity (Wildman–Crippen MR) is 32.1 cm³/mol. The molecule has 0 amide bonds. The van der Waals surface area contributed by atoms with Gasteiger partial charge in [0.2, 0.25) is 0 Å². The van der Waals surface area contributed by atoms with Crippen LogP contribution in [0, 0.1) is 0 Å². The van der Waals surface area contributed by atoms with Crippen molar-refractivity contribution in [3.05, 3.63) is 0 Å². The zero-order valence-corrected chi connectivity index (χ0v) is 4.02. The maximum atomic E-state index is 8.54. The van der Waals surface area contributed by atoms with Crippen LogP contribution in [0.1, 0.15) is 20.8 Å². The average Bonchev–Trinajstić information content (AvgIpc) is 1.65. The van der Waals surface area contributed by atoms with E-state index in [1.165, 1.54) is 0 Å². The van der Waals surface area contributed by atoms with Crippen molar-refractivity contribution >= 4 is 0 Å². The van der Waals surface area contributed by atoms with Gasteiger partial charge in [0.15, 0.2) is 0 Å². The average molecular weight is 105 g/mol. The maximum Gasteiger partial charge on any atom is 0.0659 e. The number of hydrogen-bond donors (Lipinski definition) is 2. The molecule has 0 saturated heterocycles. The monoisotopic (exact) mass is 105 g/mol. The molecular formula is C5H15NO. The van der Waals surface area contributed by atoms with Gasteiger partial charge in [0.05, 0.1) is 6.10 Å². The lowest BCUT2D eigenvalue weighted by atomic mass is 10.3. The lowest BCUT2D eigenvalue weighted by Gasteiger charge is -1.98. The van der Waals surface area contributed by atoms with Crippen LogP contribution in [0.15, 0.2) is 0 Å². The van der Waals surface area contributed by atoms with E-state index in [0.29, 0.717) is 6.54 Å². The molecular weight excluding hydrogens is 90.1 g/mol. The first-order valence-electron chi connectivity index (χ1n) is 2.19. The Kier molecular flexibility index (Phi) is 8.47. The molecule has 2 heteroatoms. The van der Waals surface area contributed by atoms with Gasteiger partial charge in [-0.15, -0.1) is 0 Å². The third-order valence-electron chi connectivity index (χ3n) is 0.743. The summed E-state index contributed by atoms with van der Waals surface area (Å²) < 4.78 is 0. The number of hydrogen-bond acceptors (Lipinski definition) is 2. The Hall–Kier alpha value is -0.0800. The quantitative estimate of drug-likeness (QED) is 0.532. The first kappa shape index (κ1) is 10.0. The summed E-state index contributed by atoms with van der Waals surface area (Å²) in [5, 5.41) is 8.54. The predicted octanol–water partition coefficient (Wildman–Crippen LogP) is 0.352. The first-order chi connectivity index (χ1) is 2.81. The van der Waals surface area contributed by atoms with E-state index in [1.54, 1.807) is 0 Å². The van der Waals surface area contributed by atoms with Crippen LogP contribution in [0.25, 0.3) is 0 Å². The summed E-state index contributed by atoms with van der Waals surface area (Å²) >= 11 is 0. The van der Waals surface area contributed by atoms with Gasteiger partial charge >= 0.3 is 0 Å². The van der Waals surface area contributed by atoms with Crippen LogP contribution in [0.4, 0.5) is 0 Å². The van der Waals surface area contributed by atoms with E-state index in [9.17, 15) is 0 Å². The molecule has 0 fully saturated rings. The summed E-state index contributed by atoms with van der Waals surface area (Å²) in [5.74, 6) is 0. The standard InChI is InChI=1S/C4H11NO.CH4/c1-2-4(6)3-5;/h4,6H,2-3,5H2,1H3;1H4. The summed E-state index contributed by atoms with van der Waals surface area (Å²) in [7, 11) is 0. The van der Waals surface area contributed by atoms with Gasteiger partial charge in [-0.25, -0.2) is 0 Å². The van der Waals surface area contributed by atoms with Gasteiger partial charge in [-0.05, 0) is 6.42 Å². The minimum absolute atomic E-state index is 0. The maximum absolute atomic E-state index is 8.54. The van der Waals surface area contributed by atoms with Crippen LogP contribution in [0.2, 0.25) is 0 Å². The van der Waals surface area contributed by atoms with Crippen LogP contribution in [-0.2, 0) is 0 Å². The largest absolute Gasteiger partial charge is 0.392 e. The molecule has 46 valence electrons. The summed E-state index contributed by atoms with van der Waals surface area (Å²) in [6, 6.07) is 0. The normalized spacial score (nSPS) is 12.4. The van der Waals surface area contributed by atoms with Crippen molar-refractivity contribution < 1.29 is 5.11 Å². The highest BCUT2D eigenvalue weighted by Crippen LogP contribution is 1.81. The van der Waals surface area contributed by atoms with Gasteiger partial charge in [-0.3, -0.25) is 0 Å². The van der Waals surface area contributed by atoms with Gasteiger partial charge in [0.25, 0.3) is 0 Å². The second-order valence-electron chi connectivity index (χ2n) is 1.30. The Bertz CT molecular complexity index is 27.3. The summed E-state index contributed by atoms with van der Waals surface area (Å²) in [5.41, 5.74) is 5.03. The van der Waals surface area contributed by atoms with Crippen LogP contribution in [-0.4, -0.2) is 17.8 Å². The third-order valence-corrected chi connectivity index (χ3v) is 0.743. The lowest BCUT2D eigenvalue weighted by molar-refractivity contribution is 0.179. The smallest absolute Gasteiger partial charge is 0.0659 e. The molecule has 0 saturated carbocycles. The molecule has 2 nitrogen and oxygen atoms in total. The molecule has 0 aromatic heterocycles. The van der Waals surface area contributed by atoms with Crippen molar-refractivity contribution in [2.24, 2.45) is 5.73 Å². The zero-order chi connectivity index (χ0) is 4.99. The van der Waals surface area contributed by atoms with Crippen LogP contribution in [0.5, 0.6) is 0 Å². The van der Waals surface area contributed by atoms with Crippen molar-refractivity contribution in [3.63, 3.8) is 0 Å². The zero-order valence-electron chi connectivity index (χ0n) is 4.02. The molecule has 0 rings (SSSR count). The van der Waals surface area contributed by atoms with Gasteiger partial charge in [-0.1, -0.05) is 14.4 Å². The minimum atomic E-state index is -0.287. The molecule has 0 aliphatic heterocycles. The SMILES string of the molecule is C.CCC(O)CN. The molecule has 0 spiro atoms. The molecule has 7 heavy (non-hydrogen) atoms. The second-order valence-corrected chi connectivity index (χ2v) is 1.30. The van der Waals surface area contributed by atoms with E-state index in [4.69, 9.17) is 10.8 Å². The third kappa shape index (κ3) is 5.92. The van der Waals surface area contributed by atoms with Crippen molar-refractivity contribution in [2.45, 2.75) is 26.9 Å². The Balaban J connectivity index is 0. The van der Waals surface area contributed by atoms with E-state index in [-0.39, 0.29) is 13.5 Å². The Morgan fingerprint density at radius 3 is 2.14 bits per heavy atom. The van der Waals surface area contributed by atoms with E-state index in [0.717, 1.165) is 6.42 Å². The molecule has 0 radical (unpaired) electrons. The highest BCUT2D eigenvalue weighted by molar-refractivity contribution is 4.48. The van der Waals surface area contributed by atoms with Gasteiger partial charge in [0, 0.05) is 6.54 Å². The second kappa shape index (κ2) is 5.92. The minimum Gasteiger partial charge on any atom is -0.392 e. The van der Waals surface area contributed by atoms with Gasteiger partial charge in [0.1, 0.15) is 0 Å². The lowest BCUT2D eigenvalue weighted by Crippen LogP contribution is -2.17. The summed E-state index contributed by atoms with van der Waals surface area (Å²) in [6.07, 6.45) is 0.473. The topological polar surface area (TPSA) is 46.2 Å². The van der Waals surface area contributed by atoms with E-state index >= 15 is 0 Å². The fourth-order valence-electron chi connectivity index (χ4n) is 0.167. The Morgan fingerprint density at radius 2 is 2.14 bits per heavy atom. The van der Waals surface area contributed by atoms with E-state index in [1.807, 2.05) is 6.92 Å². The molecule has 3 N–H and O–H groups in total. The Labute approximate surface area is 45.3 Å². The molecule has 0 aliphatic carbocycles. The molecule has 0 aromatic carbocycles. The number of nitrogens with two attached hydrogens (primary N) is 1. The fourth-order valence-corrected chi connectivity index (χ4v) is 0.167. The van der Waals surface area contributed by atoms with Crippen molar-refractivity contribution in [1.82, 2.24) is 0 Å². The Morgan fingerprint density at radius 1 is 1.71 bits per heavy atom. The van der Waals surface area contributed by atoms with E-state index in [2.05, 4.69) is 0 Å². The van der Waals surface area contributed by atoms with Crippen molar-refractivity contribution in [1.29, 1.82) is 0 Å². The van der Waals surface area contributed by atoms with Gasteiger partial charge in [-0.2, -0.15) is 0 Å². The molecule has 1 atom stereocenters. The van der Waals surface area contributed by atoms with E-state index < -0.39 is 0 Å². The number of rotatable bonds is 2. The fraction of sp³-hybridized carbons (Fsp3) is 1.00. The molecule has 0 bridgehead atoms. The van der Waals surface area contributed by atoms with Crippen LogP contribution < -0.4 is 5.73 Å². The van der Waals surface area contributed by atoms with Crippen LogP contribution >= 0.6 is 0 Å². The van der Waals surface area contributed by atoms with Crippen molar-refractivity contribution in [3.8, 4) is 0 Å². The summed E-state index contributed by atoms with van der Waals surface area (Å²) in [6.45, 7) is 2.29.